The second kappa shape index (κ2) is 13.2. The minimum Gasteiger partial charge on any atom is -0.465 e. The summed E-state index contributed by atoms with van der Waals surface area (Å²) in [6, 6.07) is 6.87. The van der Waals surface area contributed by atoms with Gasteiger partial charge in [0.05, 0.1) is 28.7 Å². The highest BCUT2D eigenvalue weighted by Crippen LogP contribution is 2.71. The molecule has 5 rings (SSSR count). The number of fused-ring (bicyclic) bond motifs is 2. The molecule has 3 fully saturated rings. The molecular formula is C32H43N5O5S. The lowest BCUT2D eigenvalue weighted by Gasteiger charge is -2.37. The third-order valence-electron chi connectivity index (χ3n) is 9.25. The first kappa shape index (κ1) is 31.3. The van der Waals surface area contributed by atoms with Crippen LogP contribution in [0.2, 0.25) is 0 Å². The van der Waals surface area contributed by atoms with Crippen LogP contribution in [0.15, 0.2) is 49.6 Å². The van der Waals surface area contributed by atoms with Crippen LogP contribution >= 0.6 is 11.8 Å². The Hall–Kier alpha value is -3.18. The Bertz CT molecular complexity index is 1360. The normalized spacial score (nSPS) is 27.4. The number of amides is 2. The van der Waals surface area contributed by atoms with E-state index in [0.717, 1.165) is 36.7 Å². The second-order valence-corrected chi connectivity index (χ2v) is 14.0. The molecular weight excluding hydrogens is 566 g/mol. The third-order valence-corrected chi connectivity index (χ3v) is 11.2. The predicted octanol–water partition coefficient (Wildman–Crippen LogP) is 3.95. The van der Waals surface area contributed by atoms with E-state index in [0.29, 0.717) is 32.2 Å². The first-order chi connectivity index (χ1) is 20.8. The number of hydrogen-bond donors (Lipinski definition) is 1. The van der Waals surface area contributed by atoms with Crippen LogP contribution in [-0.4, -0.2) is 89.5 Å². The Kier molecular flexibility index (Phi) is 9.60. The van der Waals surface area contributed by atoms with E-state index < -0.39 is 27.4 Å². The van der Waals surface area contributed by atoms with Gasteiger partial charge in [-0.2, -0.15) is 0 Å². The van der Waals surface area contributed by atoms with Gasteiger partial charge in [0.15, 0.2) is 0 Å². The molecule has 4 heterocycles. The summed E-state index contributed by atoms with van der Waals surface area (Å²) in [7, 11) is 0. The molecule has 2 bridgehead atoms. The molecule has 0 radical (unpaired) electrons. The zero-order chi connectivity index (χ0) is 30.6. The Morgan fingerprint density at radius 1 is 1.16 bits per heavy atom. The van der Waals surface area contributed by atoms with E-state index in [9.17, 15) is 19.5 Å². The van der Waals surface area contributed by atoms with Crippen molar-refractivity contribution in [3.05, 3.63) is 49.6 Å². The van der Waals surface area contributed by atoms with Crippen molar-refractivity contribution in [1.82, 2.24) is 24.8 Å². The molecule has 3 aliphatic rings. The van der Waals surface area contributed by atoms with E-state index in [1.165, 1.54) is 0 Å². The average molecular weight is 610 g/mol. The number of allylic oxidation sites excluding steroid dienone is 1. The first-order valence-corrected chi connectivity index (χ1v) is 16.2. The number of likely N-dealkylation sites (tertiary alicyclic amines) is 1. The number of aromatic nitrogens is 3. The van der Waals surface area contributed by atoms with E-state index in [4.69, 9.17) is 4.74 Å². The van der Waals surface area contributed by atoms with Gasteiger partial charge in [-0.1, -0.05) is 42.3 Å². The number of unbranched alkanes of at least 4 members (excludes halogenated alkanes) is 4. The van der Waals surface area contributed by atoms with E-state index in [-0.39, 0.29) is 44.2 Å². The van der Waals surface area contributed by atoms with Gasteiger partial charge < -0.3 is 19.6 Å². The quantitative estimate of drug-likeness (QED) is 0.173. The number of rotatable bonds is 16. The summed E-state index contributed by atoms with van der Waals surface area (Å²) in [5, 5.41) is 17.8. The summed E-state index contributed by atoms with van der Waals surface area (Å²) < 4.78 is 6.23. The number of para-hydroxylation sites is 1. The lowest BCUT2D eigenvalue weighted by molar-refractivity contribution is -0.155. The molecule has 3 aliphatic heterocycles. The van der Waals surface area contributed by atoms with Crippen molar-refractivity contribution in [2.75, 3.05) is 26.3 Å². The number of hydrogen-bond acceptors (Lipinski definition) is 8. The molecule has 232 valence electrons. The van der Waals surface area contributed by atoms with Gasteiger partial charge in [0, 0.05) is 24.4 Å². The van der Waals surface area contributed by atoms with Gasteiger partial charge in [0.25, 0.3) is 0 Å². The van der Waals surface area contributed by atoms with E-state index in [1.807, 2.05) is 24.3 Å². The largest absolute Gasteiger partial charge is 0.465 e. The number of esters is 1. The first-order valence-electron chi connectivity index (χ1n) is 15.4. The summed E-state index contributed by atoms with van der Waals surface area (Å²) in [4.78, 5) is 46.1. The highest BCUT2D eigenvalue weighted by atomic mass is 32.2. The van der Waals surface area contributed by atoms with Gasteiger partial charge in [-0.05, 0) is 57.6 Å². The Morgan fingerprint density at radius 3 is 2.72 bits per heavy atom. The van der Waals surface area contributed by atoms with Crippen LogP contribution in [0.25, 0.3) is 11.0 Å². The number of benzene rings is 1. The molecule has 2 amide bonds. The van der Waals surface area contributed by atoms with Crippen LogP contribution in [0.5, 0.6) is 0 Å². The molecule has 3 saturated heterocycles. The van der Waals surface area contributed by atoms with Crippen molar-refractivity contribution in [3.8, 4) is 0 Å². The summed E-state index contributed by atoms with van der Waals surface area (Å²) in [5.41, 5.74) is 1.55. The molecule has 1 spiro atoms. The number of carbonyl (C=O) groups is 3. The Labute approximate surface area is 257 Å². The maximum absolute atomic E-state index is 14.7. The molecule has 0 saturated carbocycles. The molecule has 11 heteroatoms. The SMILES string of the molecule is C=CCCCOC(=O)[C@H]1[C@H]2C(=O)N(CCCCCCO)C(C(=O)N(CC=C)Cn3nnc4ccccc43)C23CC[C@]1(C)S3. The molecule has 5 atom stereocenters. The van der Waals surface area contributed by atoms with Gasteiger partial charge in [0.1, 0.15) is 18.2 Å². The van der Waals surface area contributed by atoms with Crippen LogP contribution < -0.4 is 0 Å². The zero-order valence-corrected chi connectivity index (χ0v) is 25.8. The summed E-state index contributed by atoms with van der Waals surface area (Å²) in [5.74, 6) is -1.86. The smallest absolute Gasteiger partial charge is 0.311 e. The summed E-state index contributed by atoms with van der Waals surface area (Å²) in [6.45, 7) is 11.0. The molecule has 0 aliphatic carbocycles. The highest BCUT2D eigenvalue weighted by Gasteiger charge is 2.77. The van der Waals surface area contributed by atoms with Crippen LogP contribution in [0.1, 0.15) is 58.3 Å². The Morgan fingerprint density at radius 2 is 1.95 bits per heavy atom. The zero-order valence-electron chi connectivity index (χ0n) is 25.0. The second-order valence-electron chi connectivity index (χ2n) is 12.1. The van der Waals surface area contributed by atoms with E-state index in [1.54, 1.807) is 38.4 Å². The van der Waals surface area contributed by atoms with Gasteiger partial charge >= 0.3 is 5.97 Å². The molecule has 43 heavy (non-hydrogen) atoms. The van der Waals surface area contributed by atoms with Crippen molar-refractivity contribution in [2.45, 2.75) is 80.5 Å². The van der Waals surface area contributed by atoms with Crippen molar-refractivity contribution < 1.29 is 24.2 Å². The van der Waals surface area contributed by atoms with Crippen LogP contribution in [-0.2, 0) is 25.8 Å². The monoisotopic (exact) mass is 609 g/mol. The maximum atomic E-state index is 14.7. The molecule has 2 unspecified atom stereocenters. The summed E-state index contributed by atoms with van der Waals surface area (Å²) in [6.07, 6.45) is 9.43. The van der Waals surface area contributed by atoms with Crippen molar-refractivity contribution in [3.63, 3.8) is 0 Å². The number of carbonyl (C=O) groups excluding carboxylic acids is 3. The lowest BCUT2D eigenvalue weighted by atomic mass is 9.66. The van der Waals surface area contributed by atoms with Crippen LogP contribution in [0.3, 0.4) is 0 Å². The van der Waals surface area contributed by atoms with Gasteiger partial charge in [-0.3, -0.25) is 14.4 Å². The average Bonchev–Trinajstić information content (AvgIpc) is 3.70. The maximum Gasteiger partial charge on any atom is 0.311 e. The molecule has 2 aromatic rings. The van der Waals surface area contributed by atoms with Crippen LogP contribution in [0, 0.1) is 11.8 Å². The fraction of sp³-hybridized carbons (Fsp3) is 0.594. The molecule has 1 aromatic carbocycles. The minimum atomic E-state index is -0.720. The topological polar surface area (TPSA) is 118 Å². The third kappa shape index (κ3) is 5.73. The fourth-order valence-electron chi connectivity index (χ4n) is 7.27. The number of ether oxygens (including phenoxy) is 1. The summed E-state index contributed by atoms with van der Waals surface area (Å²) >= 11 is 1.65. The molecule has 1 N–H and O–H groups in total. The highest BCUT2D eigenvalue weighted by molar-refractivity contribution is 8.02. The van der Waals surface area contributed by atoms with Gasteiger partial charge in [-0.25, -0.2) is 4.68 Å². The van der Waals surface area contributed by atoms with Gasteiger partial charge in [0.2, 0.25) is 11.8 Å². The van der Waals surface area contributed by atoms with E-state index >= 15 is 0 Å². The van der Waals surface area contributed by atoms with Crippen molar-refractivity contribution in [1.29, 1.82) is 0 Å². The van der Waals surface area contributed by atoms with Gasteiger partial charge in [-0.15, -0.1) is 30.0 Å². The number of thioether (sulfide) groups is 1. The number of aliphatic hydroxyl groups excluding tert-OH is 1. The van der Waals surface area contributed by atoms with Crippen molar-refractivity contribution >= 4 is 40.6 Å². The minimum absolute atomic E-state index is 0.130. The predicted molar refractivity (Wildman–Crippen MR) is 166 cm³/mol. The number of nitrogens with zero attached hydrogens (tertiary/aromatic N) is 5. The van der Waals surface area contributed by atoms with E-state index in [2.05, 4.69) is 30.4 Å². The molecule has 1 aromatic heterocycles. The molecule has 10 nitrogen and oxygen atoms in total. The Balaban J connectivity index is 1.46. The lowest BCUT2D eigenvalue weighted by Crippen LogP contribution is -2.55. The van der Waals surface area contributed by atoms with Crippen LogP contribution in [0.4, 0.5) is 0 Å². The number of aliphatic hydroxyl groups is 1. The van der Waals surface area contributed by atoms with Crippen molar-refractivity contribution in [2.24, 2.45) is 11.8 Å². The fourth-order valence-corrected chi connectivity index (χ4v) is 9.61. The standard InChI is InChI=1S/C32H43N5O5S/c1-4-6-13-21-42-30(41)26-25-28(39)36(19-11-7-8-12-20-38)27(32(25)17-16-31(26,3)43-32)29(40)35(18-5-2)22-37-24-15-10-9-14-23(24)33-34-37/h4-5,9-10,14-15,25-27,38H,1-2,6-8,11-13,16-22H2,3H3/t25-,26+,27?,31-,32?/m0/s1.